The van der Waals surface area contributed by atoms with Crippen molar-refractivity contribution in [3.63, 3.8) is 0 Å². The minimum atomic E-state index is -3.40. The van der Waals surface area contributed by atoms with Crippen LogP contribution in [0.4, 0.5) is 23.5 Å². The lowest BCUT2D eigenvalue weighted by Crippen LogP contribution is -2.52. The molecule has 2 fully saturated rings. The molecule has 13 heteroatoms. The molecular formula is C22H23F4N5O3S. The molecule has 1 saturated carbocycles. The first kappa shape index (κ1) is 23.9. The van der Waals surface area contributed by atoms with Gasteiger partial charge in [-0.05, 0) is 37.0 Å². The SMILES string of the molecule is O=S(=O)(C1CC1)N1CC[C@@H](Nc2ncc3c(F)cc(-c4ccc(CC(F)F)cc4F)n3n2)[C@H](O)C1. The van der Waals surface area contributed by atoms with E-state index in [9.17, 15) is 31.1 Å². The van der Waals surface area contributed by atoms with Gasteiger partial charge in [-0.1, -0.05) is 6.07 Å². The molecule has 0 spiro atoms. The first-order valence-electron chi connectivity index (χ1n) is 11.2. The quantitative estimate of drug-likeness (QED) is 0.472. The fourth-order valence-electron chi connectivity index (χ4n) is 4.33. The van der Waals surface area contributed by atoms with Gasteiger partial charge in [-0.25, -0.2) is 35.5 Å². The number of aromatic nitrogens is 3. The molecule has 0 bridgehead atoms. The van der Waals surface area contributed by atoms with Crippen molar-refractivity contribution < 1.29 is 31.1 Å². The van der Waals surface area contributed by atoms with Crippen LogP contribution in [0.15, 0.2) is 30.5 Å². The Morgan fingerprint density at radius 3 is 2.57 bits per heavy atom. The van der Waals surface area contributed by atoms with Gasteiger partial charge in [-0.2, -0.15) is 4.31 Å². The zero-order valence-electron chi connectivity index (χ0n) is 18.4. The van der Waals surface area contributed by atoms with Crippen LogP contribution in [0.2, 0.25) is 0 Å². The summed E-state index contributed by atoms with van der Waals surface area (Å²) in [5.74, 6) is -1.46. The Bertz CT molecular complexity index is 1360. The molecule has 1 aliphatic heterocycles. The molecule has 3 heterocycles. The molecule has 8 nitrogen and oxygen atoms in total. The Morgan fingerprint density at radius 1 is 1.14 bits per heavy atom. The van der Waals surface area contributed by atoms with E-state index in [0.29, 0.717) is 19.3 Å². The van der Waals surface area contributed by atoms with Gasteiger partial charge in [0.15, 0.2) is 5.82 Å². The number of hydrogen-bond acceptors (Lipinski definition) is 6. The average Bonchev–Trinajstić information content (AvgIpc) is 3.60. The number of sulfonamides is 1. The second-order valence-electron chi connectivity index (χ2n) is 8.87. The highest BCUT2D eigenvalue weighted by Crippen LogP contribution is 2.33. The van der Waals surface area contributed by atoms with E-state index in [1.807, 2.05) is 0 Å². The number of fused-ring (bicyclic) bond motifs is 1. The predicted octanol–water partition coefficient (Wildman–Crippen LogP) is 2.82. The number of benzene rings is 1. The second kappa shape index (κ2) is 9.03. The third-order valence-electron chi connectivity index (χ3n) is 6.33. The molecule has 1 aliphatic carbocycles. The van der Waals surface area contributed by atoms with Gasteiger partial charge in [0.25, 0.3) is 0 Å². The largest absolute Gasteiger partial charge is 0.390 e. The number of alkyl halides is 2. The molecule has 2 N–H and O–H groups in total. The van der Waals surface area contributed by atoms with Crippen LogP contribution in [0.25, 0.3) is 16.8 Å². The van der Waals surface area contributed by atoms with E-state index < -0.39 is 46.6 Å². The number of hydrogen-bond donors (Lipinski definition) is 2. The Balaban J connectivity index is 1.38. The van der Waals surface area contributed by atoms with E-state index in [1.54, 1.807) is 0 Å². The van der Waals surface area contributed by atoms with Crippen molar-refractivity contribution in [2.24, 2.45) is 0 Å². The number of nitrogens with one attached hydrogen (secondary N) is 1. The second-order valence-corrected chi connectivity index (χ2v) is 11.1. The Labute approximate surface area is 198 Å². The smallest absolute Gasteiger partial charge is 0.242 e. The molecule has 1 saturated heterocycles. The number of β-amino-alcohol motifs (C(OH)–C–C–N with tert-alkyl or cyclic N) is 1. The number of halogens is 4. The zero-order valence-corrected chi connectivity index (χ0v) is 19.2. The Kier molecular flexibility index (Phi) is 6.18. The lowest BCUT2D eigenvalue weighted by atomic mass is 10.0. The van der Waals surface area contributed by atoms with E-state index in [4.69, 9.17) is 0 Å². The van der Waals surface area contributed by atoms with E-state index in [-0.39, 0.29) is 46.6 Å². The molecule has 3 aromatic rings. The molecular weight excluding hydrogens is 490 g/mol. The highest BCUT2D eigenvalue weighted by atomic mass is 32.2. The molecule has 188 valence electrons. The molecule has 0 unspecified atom stereocenters. The number of rotatable bonds is 7. The van der Waals surface area contributed by atoms with Crippen molar-refractivity contribution in [1.82, 2.24) is 18.9 Å². The minimum absolute atomic E-state index is 0.0208. The number of aliphatic hydroxyl groups excluding tert-OH is 1. The summed E-state index contributed by atoms with van der Waals surface area (Å²) in [7, 11) is -3.40. The summed E-state index contributed by atoms with van der Waals surface area (Å²) in [6.45, 7) is 0.174. The van der Waals surface area contributed by atoms with Crippen LogP contribution in [0.5, 0.6) is 0 Å². The van der Waals surface area contributed by atoms with Crippen LogP contribution in [0.1, 0.15) is 24.8 Å². The van der Waals surface area contributed by atoms with Crippen molar-refractivity contribution in [3.05, 3.63) is 47.7 Å². The molecule has 1 aromatic carbocycles. The Morgan fingerprint density at radius 2 is 1.91 bits per heavy atom. The van der Waals surface area contributed by atoms with E-state index in [1.165, 1.54) is 22.6 Å². The maximum atomic E-state index is 14.7. The maximum absolute atomic E-state index is 14.7. The van der Waals surface area contributed by atoms with Crippen LogP contribution in [0.3, 0.4) is 0 Å². The fourth-order valence-corrected chi connectivity index (χ4v) is 6.20. The van der Waals surface area contributed by atoms with Gasteiger partial charge in [0.1, 0.15) is 11.3 Å². The molecule has 2 aromatic heterocycles. The third kappa shape index (κ3) is 4.71. The summed E-state index contributed by atoms with van der Waals surface area (Å²) < 4.78 is 81.8. The number of aliphatic hydroxyl groups is 1. The van der Waals surface area contributed by atoms with Gasteiger partial charge in [0.2, 0.25) is 22.4 Å². The maximum Gasteiger partial charge on any atom is 0.242 e. The van der Waals surface area contributed by atoms with Crippen LogP contribution < -0.4 is 5.32 Å². The molecule has 0 radical (unpaired) electrons. The van der Waals surface area contributed by atoms with Crippen molar-refractivity contribution >= 4 is 21.5 Å². The van der Waals surface area contributed by atoms with Gasteiger partial charge in [0.05, 0.1) is 29.3 Å². The highest BCUT2D eigenvalue weighted by molar-refractivity contribution is 7.90. The lowest BCUT2D eigenvalue weighted by molar-refractivity contribution is 0.0946. The standard InChI is InChI=1S/C22H23F4N5O3S/c23-15-7-12(8-21(25)26)1-4-14(15)18-9-16(24)19-10-27-22(29-31(18)19)28-17-5-6-30(11-20(17)32)35(33,34)13-2-3-13/h1,4,7,9-10,13,17,20-21,32H,2-3,5-6,8,11H2,(H,28,29)/t17-,20-/m1/s1. The van der Waals surface area contributed by atoms with Gasteiger partial charge in [-0.15, -0.1) is 5.10 Å². The number of anilines is 1. The van der Waals surface area contributed by atoms with Crippen molar-refractivity contribution in [3.8, 4) is 11.3 Å². The molecule has 0 amide bonds. The van der Waals surface area contributed by atoms with Crippen molar-refractivity contribution in [2.45, 2.75) is 49.5 Å². The van der Waals surface area contributed by atoms with E-state index >= 15 is 0 Å². The third-order valence-corrected chi connectivity index (χ3v) is 8.70. The summed E-state index contributed by atoms with van der Waals surface area (Å²) in [5.41, 5.74) is 0.135. The van der Waals surface area contributed by atoms with E-state index in [0.717, 1.165) is 16.6 Å². The van der Waals surface area contributed by atoms with Gasteiger partial charge < -0.3 is 10.4 Å². The summed E-state index contributed by atoms with van der Waals surface area (Å²) >= 11 is 0. The van der Waals surface area contributed by atoms with E-state index in [2.05, 4.69) is 15.4 Å². The van der Waals surface area contributed by atoms with Crippen LogP contribution in [0, 0.1) is 11.6 Å². The highest BCUT2D eigenvalue weighted by Gasteiger charge is 2.43. The van der Waals surface area contributed by atoms with Crippen LogP contribution >= 0.6 is 0 Å². The summed E-state index contributed by atoms with van der Waals surface area (Å²) in [5, 5.41) is 17.4. The molecule has 2 atom stereocenters. The first-order chi connectivity index (χ1) is 16.6. The molecule has 2 aliphatic rings. The number of piperidine rings is 1. The molecule has 35 heavy (non-hydrogen) atoms. The predicted molar refractivity (Wildman–Crippen MR) is 120 cm³/mol. The van der Waals surface area contributed by atoms with Crippen molar-refractivity contribution in [2.75, 3.05) is 18.4 Å². The fraction of sp³-hybridized carbons (Fsp3) is 0.455. The first-order valence-corrected chi connectivity index (χ1v) is 12.7. The van der Waals surface area contributed by atoms with Gasteiger partial charge in [0, 0.05) is 31.1 Å². The minimum Gasteiger partial charge on any atom is -0.390 e. The van der Waals surface area contributed by atoms with Gasteiger partial charge >= 0.3 is 0 Å². The monoisotopic (exact) mass is 513 g/mol. The van der Waals surface area contributed by atoms with Crippen LogP contribution in [-0.4, -0.2) is 69.3 Å². The summed E-state index contributed by atoms with van der Waals surface area (Å²) in [6, 6.07) is 4.16. The number of nitrogens with zero attached hydrogens (tertiary/aromatic N) is 4. The Hall–Kier alpha value is -2.77. The topological polar surface area (TPSA) is 99.8 Å². The normalized spacial score (nSPS) is 21.7. The summed E-state index contributed by atoms with van der Waals surface area (Å²) in [4.78, 5) is 4.08. The lowest BCUT2D eigenvalue weighted by Gasteiger charge is -2.35. The van der Waals surface area contributed by atoms with Crippen molar-refractivity contribution in [1.29, 1.82) is 0 Å². The molecule has 5 rings (SSSR count). The van der Waals surface area contributed by atoms with Crippen LogP contribution in [-0.2, 0) is 16.4 Å². The summed E-state index contributed by atoms with van der Waals surface area (Å²) in [6.07, 6.45) is -1.45. The zero-order chi connectivity index (χ0) is 24.9. The average molecular weight is 514 g/mol. The van der Waals surface area contributed by atoms with Gasteiger partial charge in [-0.3, -0.25) is 0 Å².